The molecule has 0 saturated heterocycles. The lowest BCUT2D eigenvalue weighted by Gasteiger charge is -2.27. The predicted octanol–water partition coefficient (Wildman–Crippen LogP) is 4.10. The fourth-order valence-electron chi connectivity index (χ4n) is 3.73. The van der Waals surface area contributed by atoms with Crippen LogP contribution in [0.25, 0.3) is 11.0 Å². The van der Waals surface area contributed by atoms with Crippen molar-refractivity contribution in [1.82, 2.24) is 19.8 Å². The summed E-state index contributed by atoms with van der Waals surface area (Å²) in [7, 11) is 0. The van der Waals surface area contributed by atoms with Crippen molar-refractivity contribution in [3.63, 3.8) is 0 Å². The molecular formula is C26H32N4O2. The molecule has 1 heterocycles. The molecule has 32 heavy (non-hydrogen) atoms. The average molecular weight is 433 g/mol. The zero-order chi connectivity index (χ0) is 22.9. The van der Waals surface area contributed by atoms with Crippen molar-refractivity contribution in [2.24, 2.45) is 0 Å². The molecule has 2 aromatic carbocycles. The summed E-state index contributed by atoms with van der Waals surface area (Å²) in [6.07, 6.45) is 4.66. The van der Waals surface area contributed by atoms with Gasteiger partial charge in [-0.05, 0) is 51.0 Å². The van der Waals surface area contributed by atoms with Crippen LogP contribution in [-0.4, -0.2) is 38.9 Å². The number of benzene rings is 2. The highest BCUT2D eigenvalue weighted by molar-refractivity contribution is 5.87. The quantitative estimate of drug-likeness (QED) is 0.387. The first-order valence-electron chi connectivity index (χ1n) is 11.2. The number of amides is 2. The van der Waals surface area contributed by atoms with E-state index in [-0.39, 0.29) is 24.4 Å². The van der Waals surface area contributed by atoms with Gasteiger partial charge in [-0.1, -0.05) is 48.5 Å². The fraction of sp³-hybridized carbons (Fsp3) is 0.346. The monoisotopic (exact) mass is 432 g/mol. The molecule has 168 valence electrons. The molecule has 1 N–H and O–H groups in total. The van der Waals surface area contributed by atoms with Crippen LogP contribution in [0.1, 0.15) is 38.6 Å². The molecule has 0 spiro atoms. The lowest BCUT2D eigenvalue weighted by molar-refractivity contribution is -0.134. The van der Waals surface area contributed by atoms with Crippen LogP contribution in [-0.2, 0) is 29.1 Å². The summed E-state index contributed by atoms with van der Waals surface area (Å²) < 4.78 is 2.02. The first-order valence-corrected chi connectivity index (χ1v) is 11.2. The molecule has 0 aliphatic carbocycles. The van der Waals surface area contributed by atoms with Crippen LogP contribution in [0.5, 0.6) is 0 Å². The van der Waals surface area contributed by atoms with Crippen LogP contribution in [0.4, 0.5) is 0 Å². The number of carbonyl (C=O) groups is 2. The second kappa shape index (κ2) is 11.3. The Balaban J connectivity index is 1.76. The van der Waals surface area contributed by atoms with Crippen LogP contribution in [0, 0.1) is 0 Å². The van der Waals surface area contributed by atoms with E-state index in [2.05, 4.69) is 5.32 Å². The third-order valence-electron chi connectivity index (χ3n) is 5.36. The van der Waals surface area contributed by atoms with Crippen molar-refractivity contribution in [2.45, 2.75) is 52.7 Å². The number of imidazole rings is 1. The third-order valence-corrected chi connectivity index (χ3v) is 5.36. The largest absolute Gasteiger partial charge is 0.353 e. The molecule has 1 aromatic heterocycles. The van der Waals surface area contributed by atoms with Crippen molar-refractivity contribution < 1.29 is 9.59 Å². The molecule has 3 aromatic rings. The van der Waals surface area contributed by atoms with E-state index in [1.165, 1.54) is 6.08 Å². The van der Waals surface area contributed by atoms with E-state index >= 15 is 0 Å². The second-order valence-corrected chi connectivity index (χ2v) is 8.10. The number of carbonyl (C=O) groups excluding carboxylic acids is 2. The molecule has 0 bridgehead atoms. The molecule has 0 fully saturated rings. The van der Waals surface area contributed by atoms with Gasteiger partial charge in [0.2, 0.25) is 11.8 Å². The lowest BCUT2D eigenvalue weighted by Crippen LogP contribution is -2.38. The minimum Gasteiger partial charge on any atom is -0.353 e. The van der Waals surface area contributed by atoms with Gasteiger partial charge in [0.25, 0.3) is 0 Å². The maximum Gasteiger partial charge on any atom is 0.243 e. The number of nitrogens with one attached hydrogen (secondary N) is 1. The molecule has 0 atom stereocenters. The average Bonchev–Trinajstić information content (AvgIpc) is 3.13. The second-order valence-electron chi connectivity index (χ2n) is 8.10. The fourth-order valence-corrected chi connectivity index (χ4v) is 3.73. The van der Waals surface area contributed by atoms with Crippen LogP contribution < -0.4 is 5.32 Å². The summed E-state index contributed by atoms with van der Waals surface area (Å²) in [5.74, 6) is 0.836. The smallest absolute Gasteiger partial charge is 0.243 e. The molecule has 2 amide bonds. The van der Waals surface area contributed by atoms with Crippen molar-refractivity contribution in [3.8, 4) is 0 Å². The maximum atomic E-state index is 13.4. The number of aryl methyl sites for hydroxylation is 1. The Kier molecular flexibility index (Phi) is 8.20. The topological polar surface area (TPSA) is 67.2 Å². The number of aromatic nitrogens is 2. The van der Waals surface area contributed by atoms with Gasteiger partial charge in [0, 0.05) is 25.6 Å². The predicted molar refractivity (Wildman–Crippen MR) is 128 cm³/mol. The van der Waals surface area contributed by atoms with Crippen LogP contribution in [0.15, 0.2) is 66.7 Å². The van der Waals surface area contributed by atoms with E-state index in [4.69, 9.17) is 4.98 Å². The summed E-state index contributed by atoms with van der Waals surface area (Å²) >= 11 is 0. The highest BCUT2D eigenvalue weighted by atomic mass is 16.2. The molecule has 6 nitrogen and oxygen atoms in total. The summed E-state index contributed by atoms with van der Waals surface area (Å²) in [6, 6.07) is 18.0. The standard InChI is InChI=1S/C26H32N4O2/c1-4-11-25(31)27-17-10-16-24-28-22-14-8-9-15-23(22)30(24)19-26(32)29(20(2)3)18-21-12-6-5-7-13-21/h4-9,11-15,20H,10,16-19H2,1-3H3,(H,27,31)/b11-4-. The van der Waals surface area contributed by atoms with Crippen molar-refractivity contribution in [1.29, 1.82) is 0 Å². The van der Waals surface area contributed by atoms with Gasteiger partial charge >= 0.3 is 0 Å². The molecule has 0 unspecified atom stereocenters. The Hall–Kier alpha value is -3.41. The van der Waals surface area contributed by atoms with Crippen LogP contribution in [0.3, 0.4) is 0 Å². The van der Waals surface area contributed by atoms with Crippen molar-refractivity contribution >= 4 is 22.8 Å². The van der Waals surface area contributed by atoms with Gasteiger partial charge in [-0.15, -0.1) is 0 Å². The number of para-hydroxylation sites is 2. The van der Waals surface area contributed by atoms with Gasteiger partial charge in [0.15, 0.2) is 0 Å². The Morgan fingerprint density at radius 3 is 2.53 bits per heavy atom. The molecule has 0 radical (unpaired) electrons. The number of allylic oxidation sites excluding steroid dienone is 1. The highest BCUT2D eigenvalue weighted by Gasteiger charge is 2.20. The molecular weight excluding hydrogens is 400 g/mol. The third kappa shape index (κ3) is 6.06. The lowest BCUT2D eigenvalue weighted by atomic mass is 10.2. The Morgan fingerprint density at radius 2 is 1.81 bits per heavy atom. The zero-order valence-corrected chi connectivity index (χ0v) is 19.1. The summed E-state index contributed by atoms with van der Waals surface area (Å²) in [5, 5.41) is 2.87. The zero-order valence-electron chi connectivity index (χ0n) is 19.1. The summed E-state index contributed by atoms with van der Waals surface area (Å²) in [6.45, 7) is 7.29. The van der Waals surface area contributed by atoms with Gasteiger partial charge in [-0.25, -0.2) is 4.98 Å². The number of hydrogen-bond donors (Lipinski definition) is 1. The summed E-state index contributed by atoms with van der Waals surface area (Å²) in [4.78, 5) is 31.7. The van der Waals surface area contributed by atoms with E-state index in [9.17, 15) is 9.59 Å². The normalized spacial score (nSPS) is 11.4. The maximum absolute atomic E-state index is 13.4. The van der Waals surface area contributed by atoms with Gasteiger partial charge in [-0.2, -0.15) is 0 Å². The Bertz CT molecular complexity index is 1070. The van der Waals surface area contributed by atoms with E-state index in [0.29, 0.717) is 19.5 Å². The number of fused-ring (bicyclic) bond motifs is 1. The van der Waals surface area contributed by atoms with Crippen LogP contribution >= 0.6 is 0 Å². The minimum absolute atomic E-state index is 0.0645. The van der Waals surface area contributed by atoms with Gasteiger partial charge in [0.1, 0.15) is 12.4 Å². The molecule has 0 saturated carbocycles. The molecule has 3 rings (SSSR count). The SMILES string of the molecule is C/C=C\C(=O)NCCCc1nc2ccccc2n1CC(=O)N(Cc1ccccc1)C(C)C. The first kappa shape index (κ1) is 23.3. The summed E-state index contributed by atoms with van der Waals surface area (Å²) in [5.41, 5.74) is 2.95. The van der Waals surface area contributed by atoms with E-state index in [1.807, 2.05) is 84.8 Å². The van der Waals surface area contributed by atoms with Gasteiger partial charge in [-0.3, -0.25) is 9.59 Å². The van der Waals surface area contributed by atoms with Gasteiger partial charge in [0.05, 0.1) is 11.0 Å². The number of hydrogen-bond acceptors (Lipinski definition) is 3. The van der Waals surface area contributed by atoms with E-state index in [1.54, 1.807) is 6.08 Å². The Labute approximate surface area is 189 Å². The number of rotatable bonds is 10. The first-order chi connectivity index (χ1) is 15.5. The van der Waals surface area contributed by atoms with Crippen molar-refractivity contribution in [3.05, 3.63) is 78.1 Å². The van der Waals surface area contributed by atoms with E-state index in [0.717, 1.165) is 28.8 Å². The van der Waals surface area contributed by atoms with Gasteiger partial charge < -0.3 is 14.8 Å². The van der Waals surface area contributed by atoms with Crippen LogP contribution in [0.2, 0.25) is 0 Å². The Morgan fingerprint density at radius 1 is 1.09 bits per heavy atom. The molecule has 0 aliphatic heterocycles. The molecule has 6 heteroatoms. The van der Waals surface area contributed by atoms with E-state index < -0.39 is 0 Å². The number of nitrogens with zero attached hydrogens (tertiary/aromatic N) is 3. The minimum atomic E-state index is -0.0929. The highest BCUT2D eigenvalue weighted by Crippen LogP contribution is 2.18. The van der Waals surface area contributed by atoms with Crippen molar-refractivity contribution in [2.75, 3.05) is 6.54 Å². The molecule has 0 aliphatic rings.